The van der Waals surface area contributed by atoms with Gasteiger partial charge in [0, 0.05) is 11.3 Å². The van der Waals surface area contributed by atoms with E-state index in [2.05, 4.69) is 5.32 Å². The molecule has 27 heavy (non-hydrogen) atoms. The minimum atomic E-state index is -0.327. The third-order valence-corrected chi connectivity index (χ3v) is 4.75. The van der Waals surface area contributed by atoms with E-state index in [0.29, 0.717) is 16.9 Å². The number of hydrogen-bond donors (Lipinski definition) is 1. The predicted molar refractivity (Wildman–Crippen MR) is 107 cm³/mol. The highest BCUT2D eigenvalue weighted by Gasteiger charge is 2.14. The van der Waals surface area contributed by atoms with Crippen molar-refractivity contribution in [3.05, 3.63) is 82.7 Å². The van der Waals surface area contributed by atoms with Crippen molar-refractivity contribution in [3.8, 4) is 16.9 Å². The number of halogens is 1. The van der Waals surface area contributed by atoms with Gasteiger partial charge in [-0.3, -0.25) is 4.79 Å². The second-order valence-electron chi connectivity index (χ2n) is 6.61. The van der Waals surface area contributed by atoms with Crippen LogP contribution in [0.5, 0.6) is 5.75 Å². The second-order valence-corrected chi connectivity index (χ2v) is 6.61. The maximum Gasteiger partial charge on any atom is 0.255 e. The fourth-order valence-electron chi connectivity index (χ4n) is 3.01. The van der Waals surface area contributed by atoms with Crippen molar-refractivity contribution in [2.45, 2.75) is 20.8 Å². The molecule has 3 rings (SSSR count). The molecule has 0 fully saturated rings. The highest BCUT2D eigenvalue weighted by molar-refractivity contribution is 6.06. The van der Waals surface area contributed by atoms with Crippen LogP contribution in [-0.2, 0) is 0 Å². The summed E-state index contributed by atoms with van der Waals surface area (Å²) < 4.78 is 18.9. The molecule has 0 radical (unpaired) electrons. The van der Waals surface area contributed by atoms with Crippen LogP contribution in [0.2, 0.25) is 0 Å². The Morgan fingerprint density at radius 3 is 2.37 bits per heavy atom. The molecule has 0 heterocycles. The van der Waals surface area contributed by atoms with E-state index in [1.165, 1.54) is 12.1 Å². The van der Waals surface area contributed by atoms with Crippen molar-refractivity contribution >= 4 is 11.6 Å². The topological polar surface area (TPSA) is 38.3 Å². The summed E-state index contributed by atoms with van der Waals surface area (Å²) in [5, 5.41) is 3.01. The standard InChI is InChI=1S/C23H22FNO2/c1-14-8-9-15(2)22(16(14)3)25-23(26)19-10-18(12-21(13-19)27-4)17-6-5-7-20(24)11-17/h5-13H,1-4H3,(H,25,26). The Bertz CT molecular complexity index is 1010. The Kier molecular flexibility index (Phi) is 5.26. The first-order valence-electron chi connectivity index (χ1n) is 8.72. The molecule has 1 N–H and O–H groups in total. The van der Waals surface area contributed by atoms with Crippen molar-refractivity contribution in [1.82, 2.24) is 0 Å². The van der Waals surface area contributed by atoms with Crippen LogP contribution in [0, 0.1) is 26.6 Å². The molecule has 0 aliphatic rings. The Balaban J connectivity index is 2.00. The van der Waals surface area contributed by atoms with E-state index in [1.807, 2.05) is 32.9 Å². The van der Waals surface area contributed by atoms with Crippen LogP contribution in [0.1, 0.15) is 27.0 Å². The number of ether oxygens (including phenoxy) is 1. The van der Waals surface area contributed by atoms with Gasteiger partial charge >= 0.3 is 0 Å². The van der Waals surface area contributed by atoms with E-state index in [1.54, 1.807) is 37.4 Å². The van der Waals surface area contributed by atoms with Crippen molar-refractivity contribution in [2.24, 2.45) is 0 Å². The van der Waals surface area contributed by atoms with Gasteiger partial charge in [0.15, 0.2) is 0 Å². The lowest BCUT2D eigenvalue weighted by Crippen LogP contribution is -2.14. The van der Waals surface area contributed by atoms with E-state index < -0.39 is 0 Å². The zero-order chi connectivity index (χ0) is 19.6. The van der Waals surface area contributed by atoms with E-state index >= 15 is 0 Å². The summed E-state index contributed by atoms with van der Waals surface area (Å²) in [6, 6.07) is 15.5. The summed E-state index contributed by atoms with van der Waals surface area (Å²) in [5.41, 5.74) is 5.82. The van der Waals surface area contributed by atoms with Crippen molar-refractivity contribution in [3.63, 3.8) is 0 Å². The van der Waals surface area contributed by atoms with Crippen molar-refractivity contribution in [2.75, 3.05) is 12.4 Å². The second kappa shape index (κ2) is 7.62. The highest BCUT2D eigenvalue weighted by Crippen LogP contribution is 2.28. The molecule has 0 atom stereocenters. The van der Waals surface area contributed by atoms with E-state index in [9.17, 15) is 9.18 Å². The summed E-state index contributed by atoms with van der Waals surface area (Å²) in [4.78, 5) is 12.9. The number of amides is 1. The van der Waals surface area contributed by atoms with Crippen LogP contribution in [0.25, 0.3) is 11.1 Å². The SMILES string of the molecule is COc1cc(C(=O)Nc2c(C)ccc(C)c2C)cc(-c2cccc(F)c2)c1. The predicted octanol–water partition coefficient (Wildman–Crippen LogP) is 5.68. The zero-order valence-corrected chi connectivity index (χ0v) is 15.9. The summed E-state index contributed by atoms with van der Waals surface area (Å²) in [6.45, 7) is 5.96. The molecule has 0 aliphatic heterocycles. The lowest BCUT2D eigenvalue weighted by Gasteiger charge is -2.15. The van der Waals surface area contributed by atoms with E-state index in [0.717, 1.165) is 27.9 Å². The Morgan fingerprint density at radius 2 is 1.67 bits per heavy atom. The maximum atomic E-state index is 13.6. The Morgan fingerprint density at radius 1 is 0.926 bits per heavy atom. The highest BCUT2D eigenvalue weighted by atomic mass is 19.1. The monoisotopic (exact) mass is 363 g/mol. The molecule has 0 aromatic heterocycles. The fourth-order valence-corrected chi connectivity index (χ4v) is 3.01. The molecule has 0 spiro atoms. The van der Waals surface area contributed by atoms with Crippen LogP contribution < -0.4 is 10.1 Å². The van der Waals surface area contributed by atoms with Crippen LogP contribution in [-0.4, -0.2) is 13.0 Å². The first-order valence-corrected chi connectivity index (χ1v) is 8.72. The zero-order valence-electron chi connectivity index (χ0n) is 15.9. The van der Waals surface area contributed by atoms with E-state index in [4.69, 9.17) is 4.74 Å². The minimum absolute atomic E-state index is 0.233. The quantitative estimate of drug-likeness (QED) is 0.648. The van der Waals surface area contributed by atoms with Crippen LogP contribution in [0.4, 0.5) is 10.1 Å². The Labute approximate surface area is 158 Å². The van der Waals surface area contributed by atoms with Crippen molar-refractivity contribution in [1.29, 1.82) is 0 Å². The number of benzene rings is 3. The van der Waals surface area contributed by atoms with Crippen molar-refractivity contribution < 1.29 is 13.9 Å². The number of carbonyl (C=O) groups excluding carboxylic acids is 1. The number of aryl methyl sites for hydroxylation is 2. The van der Waals surface area contributed by atoms with Gasteiger partial charge in [-0.05, 0) is 78.9 Å². The third kappa shape index (κ3) is 4.00. The van der Waals surface area contributed by atoms with E-state index in [-0.39, 0.29) is 11.7 Å². The fraction of sp³-hybridized carbons (Fsp3) is 0.174. The molecular formula is C23H22FNO2. The largest absolute Gasteiger partial charge is 0.497 e. The van der Waals surface area contributed by atoms with Gasteiger partial charge in [-0.15, -0.1) is 0 Å². The normalized spacial score (nSPS) is 10.6. The number of nitrogens with one attached hydrogen (secondary N) is 1. The first-order chi connectivity index (χ1) is 12.9. The van der Waals surface area contributed by atoms with Crippen LogP contribution in [0.15, 0.2) is 54.6 Å². The summed E-state index contributed by atoms with van der Waals surface area (Å²) in [5.74, 6) is -0.0183. The molecule has 3 aromatic rings. The summed E-state index contributed by atoms with van der Waals surface area (Å²) in [6.07, 6.45) is 0. The molecule has 0 bridgehead atoms. The van der Waals surface area contributed by atoms with Gasteiger partial charge < -0.3 is 10.1 Å². The van der Waals surface area contributed by atoms with Gasteiger partial charge in [0.2, 0.25) is 0 Å². The van der Waals surface area contributed by atoms with Crippen LogP contribution >= 0.6 is 0 Å². The molecule has 3 nitrogen and oxygen atoms in total. The number of methoxy groups -OCH3 is 1. The average Bonchev–Trinajstić information content (AvgIpc) is 2.67. The summed E-state index contributed by atoms with van der Waals surface area (Å²) >= 11 is 0. The molecular weight excluding hydrogens is 341 g/mol. The Hall–Kier alpha value is -3.14. The average molecular weight is 363 g/mol. The number of rotatable bonds is 4. The van der Waals surface area contributed by atoms with Crippen LogP contribution in [0.3, 0.4) is 0 Å². The van der Waals surface area contributed by atoms with Gasteiger partial charge in [0.25, 0.3) is 5.91 Å². The summed E-state index contributed by atoms with van der Waals surface area (Å²) in [7, 11) is 1.54. The molecule has 1 amide bonds. The first kappa shape index (κ1) is 18.6. The molecule has 3 aromatic carbocycles. The maximum absolute atomic E-state index is 13.6. The van der Waals surface area contributed by atoms with Gasteiger partial charge in [0.1, 0.15) is 11.6 Å². The molecule has 138 valence electrons. The smallest absolute Gasteiger partial charge is 0.255 e. The number of carbonyl (C=O) groups is 1. The minimum Gasteiger partial charge on any atom is -0.497 e. The van der Waals surface area contributed by atoms with Gasteiger partial charge in [-0.25, -0.2) is 4.39 Å². The molecule has 0 unspecified atom stereocenters. The molecule has 0 saturated heterocycles. The van der Waals surface area contributed by atoms with Gasteiger partial charge in [-0.2, -0.15) is 0 Å². The molecule has 0 aliphatic carbocycles. The lowest BCUT2D eigenvalue weighted by atomic mass is 10.0. The number of anilines is 1. The lowest BCUT2D eigenvalue weighted by molar-refractivity contribution is 0.102. The third-order valence-electron chi connectivity index (χ3n) is 4.75. The number of hydrogen-bond acceptors (Lipinski definition) is 2. The molecule has 4 heteroatoms. The van der Waals surface area contributed by atoms with Gasteiger partial charge in [-0.1, -0.05) is 24.3 Å². The van der Waals surface area contributed by atoms with Gasteiger partial charge in [0.05, 0.1) is 7.11 Å². The molecule has 0 saturated carbocycles.